The largest absolute Gasteiger partial charge is 0.573 e. The SMILES string of the molecule is O=C(c1cc(CN2CC(=O)N(c3ccc(OC(F)(F)F)cc3)C2=O)ccn1)N1CCCCC1. The topological polar surface area (TPSA) is 83.1 Å². The van der Waals surface area contributed by atoms with Crippen molar-refractivity contribution in [2.24, 2.45) is 0 Å². The van der Waals surface area contributed by atoms with Crippen LogP contribution in [0.2, 0.25) is 0 Å². The highest BCUT2D eigenvalue weighted by molar-refractivity contribution is 6.19. The van der Waals surface area contributed by atoms with Crippen molar-refractivity contribution in [3.8, 4) is 5.75 Å². The molecule has 3 heterocycles. The molecule has 0 unspecified atom stereocenters. The first kappa shape index (κ1) is 22.6. The van der Waals surface area contributed by atoms with Crippen LogP contribution in [-0.4, -0.2) is 58.6 Å². The van der Waals surface area contributed by atoms with Crippen LogP contribution in [0.3, 0.4) is 0 Å². The summed E-state index contributed by atoms with van der Waals surface area (Å²) >= 11 is 0. The minimum atomic E-state index is -4.84. The van der Waals surface area contributed by atoms with E-state index in [0.29, 0.717) is 18.7 Å². The van der Waals surface area contributed by atoms with Crippen LogP contribution in [0.25, 0.3) is 0 Å². The van der Waals surface area contributed by atoms with Gasteiger partial charge in [-0.3, -0.25) is 14.6 Å². The van der Waals surface area contributed by atoms with E-state index in [-0.39, 0.29) is 30.4 Å². The van der Waals surface area contributed by atoms with Gasteiger partial charge in [-0.25, -0.2) is 9.69 Å². The van der Waals surface area contributed by atoms with E-state index in [1.165, 1.54) is 23.2 Å². The van der Waals surface area contributed by atoms with E-state index in [2.05, 4.69) is 9.72 Å². The lowest BCUT2D eigenvalue weighted by Crippen LogP contribution is -2.36. The Morgan fingerprint density at radius 2 is 1.73 bits per heavy atom. The number of halogens is 3. The van der Waals surface area contributed by atoms with Crippen molar-refractivity contribution in [3.05, 3.63) is 53.9 Å². The molecule has 1 aromatic carbocycles. The summed E-state index contributed by atoms with van der Waals surface area (Å²) in [6.45, 7) is 1.26. The Labute approximate surface area is 187 Å². The Kier molecular flexibility index (Phi) is 6.21. The lowest BCUT2D eigenvalue weighted by molar-refractivity contribution is -0.274. The third-order valence-electron chi connectivity index (χ3n) is 5.43. The fraction of sp³-hybridized carbons (Fsp3) is 0.364. The van der Waals surface area contributed by atoms with Crippen LogP contribution in [0, 0.1) is 0 Å². The summed E-state index contributed by atoms with van der Waals surface area (Å²) in [5.74, 6) is -1.13. The zero-order valence-electron chi connectivity index (χ0n) is 17.5. The molecule has 2 aliphatic rings. The summed E-state index contributed by atoms with van der Waals surface area (Å²) in [6, 6.07) is 7.16. The highest BCUT2D eigenvalue weighted by Crippen LogP contribution is 2.28. The highest BCUT2D eigenvalue weighted by Gasteiger charge is 2.37. The van der Waals surface area contributed by atoms with Crippen LogP contribution in [0.5, 0.6) is 5.75 Å². The molecule has 0 atom stereocenters. The maximum Gasteiger partial charge on any atom is 0.573 e. The summed E-state index contributed by atoms with van der Waals surface area (Å²) in [4.78, 5) is 46.1. The molecule has 0 saturated carbocycles. The second-order valence-electron chi connectivity index (χ2n) is 7.81. The minimum absolute atomic E-state index is 0.0825. The average Bonchev–Trinajstić information content (AvgIpc) is 3.06. The molecular weight excluding hydrogens is 441 g/mol. The van der Waals surface area contributed by atoms with Gasteiger partial charge >= 0.3 is 12.4 Å². The molecule has 2 saturated heterocycles. The van der Waals surface area contributed by atoms with Gasteiger partial charge < -0.3 is 14.5 Å². The number of anilines is 1. The number of hydrogen-bond donors (Lipinski definition) is 0. The quantitative estimate of drug-likeness (QED) is 0.635. The number of piperidine rings is 1. The Morgan fingerprint density at radius 3 is 2.39 bits per heavy atom. The number of carbonyl (C=O) groups excluding carboxylic acids is 3. The van der Waals surface area contributed by atoms with E-state index >= 15 is 0 Å². The van der Waals surface area contributed by atoms with Crippen LogP contribution in [-0.2, 0) is 11.3 Å². The molecule has 0 aliphatic carbocycles. The van der Waals surface area contributed by atoms with Gasteiger partial charge in [0.15, 0.2) is 0 Å². The normalized spacial score (nSPS) is 17.0. The molecule has 174 valence electrons. The maximum absolute atomic E-state index is 12.8. The summed E-state index contributed by atoms with van der Waals surface area (Å²) in [5.41, 5.74) is 1.06. The second-order valence-corrected chi connectivity index (χ2v) is 7.81. The summed E-state index contributed by atoms with van der Waals surface area (Å²) in [7, 11) is 0. The van der Waals surface area contributed by atoms with Gasteiger partial charge in [-0.05, 0) is 61.2 Å². The lowest BCUT2D eigenvalue weighted by atomic mass is 10.1. The van der Waals surface area contributed by atoms with Crippen LogP contribution in [0.4, 0.5) is 23.7 Å². The van der Waals surface area contributed by atoms with Crippen LogP contribution >= 0.6 is 0 Å². The first-order valence-electron chi connectivity index (χ1n) is 10.4. The Hall–Kier alpha value is -3.63. The number of urea groups is 1. The molecule has 1 aromatic heterocycles. The number of hydrogen-bond acceptors (Lipinski definition) is 5. The van der Waals surface area contributed by atoms with Crippen LogP contribution in [0.1, 0.15) is 35.3 Å². The second kappa shape index (κ2) is 9.08. The van der Waals surface area contributed by atoms with Gasteiger partial charge in [0.25, 0.3) is 11.8 Å². The van der Waals surface area contributed by atoms with Gasteiger partial charge in [0.05, 0.1) is 5.69 Å². The number of aromatic nitrogens is 1. The fourth-order valence-electron chi connectivity index (χ4n) is 3.89. The standard InChI is InChI=1S/C22H21F3N4O4/c23-22(24,25)33-17-6-4-16(5-7-17)29-19(30)14-28(21(29)32)13-15-8-9-26-18(12-15)20(31)27-10-2-1-3-11-27/h4-9,12H,1-3,10-11,13-14H2. The Bertz CT molecular complexity index is 1050. The molecule has 2 aliphatic heterocycles. The number of carbonyl (C=O) groups is 3. The highest BCUT2D eigenvalue weighted by atomic mass is 19.4. The van der Waals surface area contributed by atoms with E-state index in [1.807, 2.05) is 0 Å². The predicted octanol–water partition coefficient (Wildman–Crippen LogP) is 3.58. The first-order valence-corrected chi connectivity index (χ1v) is 10.4. The van der Waals surface area contributed by atoms with E-state index in [9.17, 15) is 27.6 Å². The van der Waals surface area contributed by atoms with Crippen molar-refractivity contribution in [3.63, 3.8) is 0 Å². The van der Waals surface area contributed by atoms with Crippen molar-refractivity contribution in [1.29, 1.82) is 0 Å². The van der Waals surface area contributed by atoms with Crippen LogP contribution < -0.4 is 9.64 Å². The molecule has 8 nitrogen and oxygen atoms in total. The smallest absolute Gasteiger partial charge is 0.406 e. The molecule has 4 rings (SSSR count). The number of nitrogens with zero attached hydrogens (tertiary/aromatic N) is 4. The zero-order chi connectivity index (χ0) is 23.6. The molecule has 0 radical (unpaired) electrons. The fourth-order valence-corrected chi connectivity index (χ4v) is 3.89. The van der Waals surface area contributed by atoms with E-state index < -0.39 is 24.1 Å². The Morgan fingerprint density at radius 1 is 1.03 bits per heavy atom. The predicted molar refractivity (Wildman–Crippen MR) is 110 cm³/mol. The number of imide groups is 1. The van der Waals surface area contributed by atoms with Gasteiger partial charge in [-0.15, -0.1) is 13.2 Å². The third-order valence-corrected chi connectivity index (χ3v) is 5.43. The molecule has 33 heavy (non-hydrogen) atoms. The third kappa shape index (κ3) is 5.24. The number of rotatable bonds is 5. The van der Waals surface area contributed by atoms with E-state index in [1.54, 1.807) is 17.0 Å². The van der Waals surface area contributed by atoms with E-state index in [0.717, 1.165) is 36.3 Å². The number of pyridine rings is 1. The summed E-state index contributed by atoms with van der Waals surface area (Å²) < 4.78 is 40.8. The number of ether oxygens (including phenoxy) is 1. The van der Waals surface area contributed by atoms with Gasteiger partial charge in [-0.1, -0.05) is 0 Å². The zero-order valence-corrected chi connectivity index (χ0v) is 17.5. The monoisotopic (exact) mass is 462 g/mol. The maximum atomic E-state index is 12.8. The summed E-state index contributed by atoms with van der Waals surface area (Å²) in [6.07, 6.45) is -0.344. The molecule has 11 heteroatoms. The van der Waals surface area contributed by atoms with Gasteiger partial charge in [-0.2, -0.15) is 0 Å². The van der Waals surface area contributed by atoms with Crippen molar-refractivity contribution in [2.45, 2.75) is 32.2 Å². The van der Waals surface area contributed by atoms with Gasteiger partial charge in [0.1, 0.15) is 18.0 Å². The molecular formula is C22H21F3N4O4. The van der Waals surface area contributed by atoms with Crippen LogP contribution in [0.15, 0.2) is 42.6 Å². The van der Waals surface area contributed by atoms with Crippen molar-refractivity contribution in [2.75, 3.05) is 24.5 Å². The molecule has 2 aromatic rings. The van der Waals surface area contributed by atoms with Crippen molar-refractivity contribution >= 4 is 23.5 Å². The van der Waals surface area contributed by atoms with E-state index in [4.69, 9.17) is 0 Å². The molecule has 0 spiro atoms. The lowest BCUT2D eigenvalue weighted by Gasteiger charge is -2.26. The minimum Gasteiger partial charge on any atom is -0.406 e. The van der Waals surface area contributed by atoms with Gasteiger partial charge in [0, 0.05) is 25.8 Å². The molecule has 4 amide bonds. The molecule has 2 fully saturated rings. The molecule has 0 N–H and O–H groups in total. The first-order chi connectivity index (χ1) is 15.7. The number of alkyl halides is 3. The number of benzene rings is 1. The molecule has 0 bridgehead atoms. The average molecular weight is 462 g/mol. The van der Waals surface area contributed by atoms with Crippen molar-refractivity contribution < 1.29 is 32.3 Å². The van der Waals surface area contributed by atoms with Gasteiger partial charge in [0.2, 0.25) is 0 Å². The number of likely N-dealkylation sites (tertiary alicyclic amines) is 1. The Balaban J connectivity index is 1.44. The van der Waals surface area contributed by atoms with Crippen molar-refractivity contribution in [1.82, 2.24) is 14.8 Å². The number of amides is 4. The summed E-state index contributed by atoms with van der Waals surface area (Å²) in [5, 5.41) is 0.